The van der Waals surface area contributed by atoms with Crippen LogP contribution >= 0.6 is 11.6 Å². The van der Waals surface area contributed by atoms with E-state index >= 15 is 0 Å². The summed E-state index contributed by atoms with van der Waals surface area (Å²) in [5, 5.41) is 3.17. The molecule has 1 aromatic carbocycles. The van der Waals surface area contributed by atoms with Gasteiger partial charge in [0, 0.05) is 37.1 Å². The molecule has 6 nitrogen and oxygen atoms in total. The van der Waals surface area contributed by atoms with Crippen LogP contribution in [0, 0.1) is 6.92 Å². The molecule has 134 valence electrons. The minimum absolute atomic E-state index is 0.153. The average Bonchev–Trinajstić information content (AvgIpc) is 2.55. The standard InChI is InChI=1S/C16H24ClN3O3S/c1-12-5-6-13(17)10-15(12)24(22,23)20-9-3-2-4-14(20)11-19-16(21)7-8-18/h5-6,10,14H,2-4,7-9,11,18H2,1H3,(H,19,21). The van der Waals surface area contributed by atoms with Gasteiger partial charge in [-0.15, -0.1) is 0 Å². The Balaban J connectivity index is 2.22. The van der Waals surface area contributed by atoms with Crippen molar-refractivity contribution >= 4 is 27.5 Å². The maximum absolute atomic E-state index is 13.1. The van der Waals surface area contributed by atoms with Gasteiger partial charge in [0.15, 0.2) is 0 Å². The van der Waals surface area contributed by atoms with Crippen molar-refractivity contribution in [2.24, 2.45) is 5.73 Å². The maximum Gasteiger partial charge on any atom is 0.243 e. The Morgan fingerprint density at radius 2 is 2.17 bits per heavy atom. The van der Waals surface area contributed by atoms with E-state index in [1.54, 1.807) is 19.1 Å². The lowest BCUT2D eigenvalue weighted by Gasteiger charge is -2.35. The van der Waals surface area contributed by atoms with Gasteiger partial charge in [-0.3, -0.25) is 4.79 Å². The van der Waals surface area contributed by atoms with Gasteiger partial charge in [-0.2, -0.15) is 4.31 Å². The Kier molecular flexibility index (Phi) is 6.62. The number of carbonyl (C=O) groups is 1. The first-order valence-corrected chi connectivity index (χ1v) is 9.93. The van der Waals surface area contributed by atoms with Crippen molar-refractivity contribution in [2.45, 2.75) is 43.5 Å². The molecule has 3 N–H and O–H groups in total. The zero-order valence-corrected chi connectivity index (χ0v) is 15.4. The number of aryl methyl sites for hydroxylation is 1. The van der Waals surface area contributed by atoms with Gasteiger partial charge in [-0.1, -0.05) is 24.1 Å². The van der Waals surface area contributed by atoms with Crippen LogP contribution in [0.1, 0.15) is 31.2 Å². The lowest BCUT2D eigenvalue weighted by molar-refractivity contribution is -0.121. The molecule has 1 atom stereocenters. The molecule has 2 rings (SSSR count). The predicted octanol–water partition coefficient (Wildman–Crippen LogP) is 1.66. The number of nitrogens with zero attached hydrogens (tertiary/aromatic N) is 1. The van der Waals surface area contributed by atoms with Crippen molar-refractivity contribution in [1.29, 1.82) is 0 Å². The van der Waals surface area contributed by atoms with Gasteiger partial charge in [0.25, 0.3) is 0 Å². The van der Waals surface area contributed by atoms with Crippen molar-refractivity contribution in [2.75, 3.05) is 19.6 Å². The first-order valence-electron chi connectivity index (χ1n) is 8.11. The van der Waals surface area contributed by atoms with Gasteiger partial charge in [0.05, 0.1) is 4.90 Å². The molecule has 1 fully saturated rings. The predicted molar refractivity (Wildman–Crippen MR) is 94.4 cm³/mol. The van der Waals surface area contributed by atoms with Crippen LogP contribution in [0.3, 0.4) is 0 Å². The first kappa shape index (κ1) is 19.2. The van der Waals surface area contributed by atoms with E-state index in [0.717, 1.165) is 19.3 Å². The molecule has 0 radical (unpaired) electrons. The molecule has 1 aliphatic heterocycles. The molecule has 8 heteroatoms. The zero-order valence-electron chi connectivity index (χ0n) is 13.8. The number of nitrogens with two attached hydrogens (primary N) is 1. The fraction of sp³-hybridized carbons (Fsp3) is 0.562. The van der Waals surface area contributed by atoms with Gasteiger partial charge in [0.1, 0.15) is 0 Å². The summed E-state index contributed by atoms with van der Waals surface area (Å²) in [4.78, 5) is 11.9. The number of sulfonamides is 1. The van der Waals surface area contributed by atoms with Crippen LogP contribution < -0.4 is 11.1 Å². The maximum atomic E-state index is 13.1. The Bertz CT molecular complexity index is 694. The monoisotopic (exact) mass is 373 g/mol. The molecule has 0 bridgehead atoms. The minimum Gasteiger partial charge on any atom is -0.354 e. The van der Waals surface area contributed by atoms with Crippen LogP contribution in [-0.2, 0) is 14.8 Å². The molecule has 1 amide bonds. The normalized spacial score (nSPS) is 19.2. The Hall–Kier alpha value is -1.15. The highest BCUT2D eigenvalue weighted by molar-refractivity contribution is 7.89. The van der Waals surface area contributed by atoms with Crippen LogP contribution in [0.25, 0.3) is 0 Å². The molecule has 0 saturated carbocycles. The van der Waals surface area contributed by atoms with E-state index in [2.05, 4.69) is 5.32 Å². The lowest BCUT2D eigenvalue weighted by atomic mass is 10.1. The van der Waals surface area contributed by atoms with Gasteiger partial charge in [0.2, 0.25) is 15.9 Å². The van der Waals surface area contributed by atoms with Crippen LogP contribution in [0.2, 0.25) is 5.02 Å². The zero-order chi connectivity index (χ0) is 17.7. The number of piperidine rings is 1. The van der Waals surface area contributed by atoms with Crippen LogP contribution in [0.5, 0.6) is 0 Å². The van der Waals surface area contributed by atoms with E-state index in [0.29, 0.717) is 23.7 Å². The largest absolute Gasteiger partial charge is 0.354 e. The molecule has 1 aromatic rings. The van der Waals surface area contributed by atoms with Gasteiger partial charge in [-0.05, 0) is 37.5 Å². The summed E-state index contributed by atoms with van der Waals surface area (Å²) in [7, 11) is -3.65. The summed E-state index contributed by atoms with van der Waals surface area (Å²) >= 11 is 5.98. The highest BCUT2D eigenvalue weighted by atomic mass is 35.5. The second kappa shape index (κ2) is 8.29. The third-order valence-corrected chi connectivity index (χ3v) is 6.55. The number of hydrogen-bond acceptors (Lipinski definition) is 4. The van der Waals surface area contributed by atoms with Crippen LogP contribution in [0.4, 0.5) is 0 Å². The number of amides is 1. The van der Waals surface area contributed by atoms with Crippen molar-refractivity contribution < 1.29 is 13.2 Å². The Morgan fingerprint density at radius 3 is 2.88 bits per heavy atom. The van der Waals surface area contributed by atoms with E-state index in [4.69, 9.17) is 17.3 Å². The molecule has 0 aliphatic carbocycles. The van der Waals surface area contributed by atoms with Gasteiger partial charge < -0.3 is 11.1 Å². The molecule has 0 aromatic heterocycles. The fourth-order valence-electron chi connectivity index (χ4n) is 2.92. The summed E-state index contributed by atoms with van der Waals surface area (Å²) < 4.78 is 27.6. The van der Waals surface area contributed by atoms with Crippen molar-refractivity contribution in [1.82, 2.24) is 9.62 Å². The number of halogens is 1. The van der Waals surface area contributed by atoms with E-state index in [-0.39, 0.29) is 29.8 Å². The Labute approximate surface area is 148 Å². The summed E-state index contributed by atoms with van der Waals surface area (Å²) in [5.74, 6) is -0.153. The van der Waals surface area contributed by atoms with E-state index in [9.17, 15) is 13.2 Å². The van der Waals surface area contributed by atoms with Crippen molar-refractivity contribution in [3.8, 4) is 0 Å². The molecule has 0 spiro atoms. The summed E-state index contributed by atoms with van der Waals surface area (Å²) in [6.45, 7) is 2.79. The highest BCUT2D eigenvalue weighted by Crippen LogP contribution is 2.28. The van der Waals surface area contributed by atoms with E-state index in [1.165, 1.54) is 10.4 Å². The van der Waals surface area contributed by atoms with Gasteiger partial charge >= 0.3 is 0 Å². The molecule has 1 heterocycles. The summed E-state index contributed by atoms with van der Waals surface area (Å²) in [5.41, 5.74) is 6.02. The molecule has 1 unspecified atom stereocenters. The molecule has 1 saturated heterocycles. The van der Waals surface area contributed by atoms with Crippen LogP contribution in [-0.4, -0.2) is 44.3 Å². The van der Waals surface area contributed by atoms with E-state index in [1.807, 2.05) is 0 Å². The SMILES string of the molecule is Cc1ccc(Cl)cc1S(=O)(=O)N1CCCCC1CNC(=O)CCN. The molecule has 24 heavy (non-hydrogen) atoms. The van der Waals surface area contributed by atoms with E-state index < -0.39 is 10.0 Å². The topological polar surface area (TPSA) is 92.5 Å². The first-order chi connectivity index (χ1) is 11.4. The fourth-order valence-corrected chi connectivity index (χ4v) is 5.11. The number of carbonyl (C=O) groups excluding carboxylic acids is 1. The van der Waals surface area contributed by atoms with Crippen molar-refractivity contribution in [3.63, 3.8) is 0 Å². The van der Waals surface area contributed by atoms with Crippen LogP contribution in [0.15, 0.2) is 23.1 Å². The molecule has 1 aliphatic rings. The number of hydrogen-bond donors (Lipinski definition) is 2. The third-order valence-electron chi connectivity index (χ3n) is 4.22. The number of nitrogens with one attached hydrogen (secondary N) is 1. The minimum atomic E-state index is -3.65. The summed E-state index contributed by atoms with van der Waals surface area (Å²) in [6, 6.07) is 4.63. The molecular weight excluding hydrogens is 350 g/mol. The summed E-state index contributed by atoms with van der Waals surface area (Å²) in [6.07, 6.45) is 2.72. The number of rotatable bonds is 6. The highest BCUT2D eigenvalue weighted by Gasteiger charge is 2.34. The second-order valence-electron chi connectivity index (χ2n) is 6.02. The third kappa shape index (κ3) is 4.47. The number of benzene rings is 1. The average molecular weight is 374 g/mol. The molecular formula is C16H24ClN3O3S. The Morgan fingerprint density at radius 1 is 1.42 bits per heavy atom. The second-order valence-corrected chi connectivity index (χ2v) is 8.31. The van der Waals surface area contributed by atoms with Gasteiger partial charge in [-0.25, -0.2) is 8.42 Å². The quantitative estimate of drug-likeness (QED) is 0.793. The smallest absolute Gasteiger partial charge is 0.243 e. The lowest BCUT2D eigenvalue weighted by Crippen LogP contribution is -2.49. The van der Waals surface area contributed by atoms with Crippen molar-refractivity contribution in [3.05, 3.63) is 28.8 Å².